The number of hydrogen-bond donors (Lipinski definition) is 1. The molecule has 1 rings (SSSR count). The number of carboxylic acid groups (broad SMARTS) is 1. The minimum atomic E-state index is -4.52. The maximum Gasteiger partial charge on any atom is 0.416 e. The van der Waals surface area contributed by atoms with Crippen LogP contribution in [0.3, 0.4) is 0 Å². The number of alkyl halides is 3. The predicted octanol–water partition coefficient (Wildman–Crippen LogP) is 3.51. The Bertz CT molecular complexity index is 453. The fraction of sp³-hybridized carbons (Fsp3) is 0.462. The van der Waals surface area contributed by atoms with Gasteiger partial charge in [0.15, 0.2) is 0 Å². The summed E-state index contributed by atoms with van der Waals surface area (Å²) in [5, 5.41) is 8.54. The number of carbonyl (C=O) groups is 1. The standard InChI is InChI=1S/C13H15F3O3/c1-8(2)19-10-5-3-9(4-6-12(17)18)11(7-10)13(14,15)16/h3,5,7-8H,4,6H2,1-2H3,(H,17,18). The molecule has 0 spiro atoms. The van der Waals surface area contributed by atoms with Gasteiger partial charge in [-0.25, -0.2) is 0 Å². The van der Waals surface area contributed by atoms with Crippen LogP contribution >= 0.6 is 0 Å². The van der Waals surface area contributed by atoms with Crippen LogP contribution in [0.4, 0.5) is 13.2 Å². The molecule has 1 aromatic rings. The maximum absolute atomic E-state index is 12.9. The Morgan fingerprint density at radius 2 is 2.00 bits per heavy atom. The van der Waals surface area contributed by atoms with Crippen molar-refractivity contribution >= 4 is 5.97 Å². The third-order valence-corrected chi connectivity index (χ3v) is 2.37. The molecule has 0 saturated carbocycles. The molecule has 0 saturated heterocycles. The van der Waals surface area contributed by atoms with Crippen LogP contribution in [0.2, 0.25) is 0 Å². The third-order valence-electron chi connectivity index (χ3n) is 2.37. The Morgan fingerprint density at radius 1 is 1.37 bits per heavy atom. The van der Waals surface area contributed by atoms with Crippen LogP contribution < -0.4 is 4.74 Å². The Labute approximate surface area is 109 Å². The van der Waals surface area contributed by atoms with Crippen molar-refractivity contribution in [3.05, 3.63) is 29.3 Å². The second kappa shape index (κ2) is 5.95. The third kappa shape index (κ3) is 4.81. The molecule has 1 aromatic carbocycles. The van der Waals surface area contributed by atoms with Crippen LogP contribution in [0.5, 0.6) is 5.75 Å². The van der Waals surface area contributed by atoms with Gasteiger partial charge in [-0.05, 0) is 38.0 Å². The first-order chi connectivity index (χ1) is 8.70. The van der Waals surface area contributed by atoms with Crippen LogP contribution in [-0.2, 0) is 17.4 Å². The summed E-state index contributed by atoms with van der Waals surface area (Å²) < 4.78 is 43.9. The highest BCUT2D eigenvalue weighted by Gasteiger charge is 2.33. The van der Waals surface area contributed by atoms with E-state index in [4.69, 9.17) is 9.84 Å². The molecule has 0 aliphatic carbocycles. The highest BCUT2D eigenvalue weighted by atomic mass is 19.4. The second-order valence-corrected chi connectivity index (χ2v) is 4.38. The van der Waals surface area contributed by atoms with Crippen LogP contribution in [0.1, 0.15) is 31.4 Å². The number of rotatable bonds is 5. The highest BCUT2D eigenvalue weighted by molar-refractivity contribution is 5.67. The van der Waals surface area contributed by atoms with Crippen molar-refractivity contribution in [1.29, 1.82) is 0 Å². The summed E-state index contributed by atoms with van der Waals surface area (Å²) in [7, 11) is 0. The van der Waals surface area contributed by atoms with Crippen molar-refractivity contribution in [2.75, 3.05) is 0 Å². The van der Waals surface area contributed by atoms with Gasteiger partial charge >= 0.3 is 12.1 Å². The van der Waals surface area contributed by atoms with Gasteiger partial charge in [-0.2, -0.15) is 13.2 Å². The Morgan fingerprint density at radius 3 is 2.47 bits per heavy atom. The molecule has 0 heterocycles. The largest absolute Gasteiger partial charge is 0.491 e. The molecule has 0 aromatic heterocycles. The van der Waals surface area contributed by atoms with E-state index in [2.05, 4.69) is 0 Å². The molecule has 0 bridgehead atoms. The minimum Gasteiger partial charge on any atom is -0.491 e. The first kappa shape index (κ1) is 15.3. The van der Waals surface area contributed by atoms with E-state index < -0.39 is 17.7 Å². The fourth-order valence-corrected chi connectivity index (χ4v) is 1.62. The van der Waals surface area contributed by atoms with Crippen molar-refractivity contribution in [3.63, 3.8) is 0 Å². The van der Waals surface area contributed by atoms with Crippen LogP contribution in [-0.4, -0.2) is 17.2 Å². The Balaban J connectivity index is 3.06. The first-order valence-corrected chi connectivity index (χ1v) is 5.78. The van der Waals surface area contributed by atoms with Crippen molar-refractivity contribution in [1.82, 2.24) is 0 Å². The lowest BCUT2D eigenvalue weighted by Crippen LogP contribution is -2.12. The smallest absolute Gasteiger partial charge is 0.416 e. The maximum atomic E-state index is 12.9. The molecular weight excluding hydrogens is 261 g/mol. The van der Waals surface area contributed by atoms with E-state index in [1.165, 1.54) is 12.1 Å². The van der Waals surface area contributed by atoms with Gasteiger partial charge in [0.25, 0.3) is 0 Å². The first-order valence-electron chi connectivity index (χ1n) is 5.78. The number of hydrogen-bond acceptors (Lipinski definition) is 2. The van der Waals surface area contributed by atoms with Gasteiger partial charge in [-0.3, -0.25) is 4.79 Å². The second-order valence-electron chi connectivity index (χ2n) is 4.38. The molecule has 1 N–H and O–H groups in total. The molecule has 3 nitrogen and oxygen atoms in total. The van der Waals surface area contributed by atoms with Crippen LogP contribution in [0, 0.1) is 0 Å². The molecule has 19 heavy (non-hydrogen) atoms. The van der Waals surface area contributed by atoms with Crippen LogP contribution in [0.25, 0.3) is 0 Å². The van der Waals surface area contributed by atoms with Gasteiger partial charge in [0.1, 0.15) is 5.75 Å². The Kier molecular flexibility index (Phi) is 4.80. The molecule has 0 unspecified atom stereocenters. The molecule has 0 aliphatic heterocycles. The van der Waals surface area contributed by atoms with E-state index in [1.807, 2.05) is 0 Å². The van der Waals surface area contributed by atoms with Crippen molar-refractivity contribution in [2.45, 2.75) is 39.0 Å². The zero-order valence-electron chi connectivity index (χ0n) is 10.6. The number of ether oxygens (including phenoxy) is 1. The summed E-state index contributed by atoms with van der Waals surface area (Å²) in [5.74, 6) is -1.00. The number of benzene rings is 1. The van der Waals surface area contributed by atoms with E-state index in [0.717, 1.165) is 6.07 Å². The fourth-order valence-electron chi connectivity index (χ4n) is 1.62. The highest BCUT2D eigenvalue weighted by Crippen LogP contribution is 2.35. The minimum absolute atomic E-state index is 0.0361. The SMILES string of the molecule is CC(C)Oc1ccc(CCC(=O)O)c(C(F)(F)F)c1. The van der Waals surface area contributed by atoms with E-state index in [-0.39, 0.29) is 30.3 Å². The van der Waals surface area contributed by atoms with E-state index in [9.17, 15) is 18.0 Å². The normalized spacial score (nSPS) is 11.7. The molecule has 0 atom stereocenters. The molecule has 6 heteroatoms. The lowest BCUT2D eigenvalue weighted by molar-refractivity contribution is -0.140. The summed E-state index contributed by atoms with van der Waals surface area (Å²) in [6.45, 7) is 3.43. The van der Waals surface area contributed by atoms with Crippen molar-refractivity contribution in [2.24, 2.45) is 0 Å². The molecular formula is C13H15F3O3. The summed E-state index contributed by atoms with van der Waals surface area (Å²) in [4.78, 5) is 10.4. The topological polar surface area (TPSA) is 46.5 Å². The zero-order valence-corrected chi connectivity index (χ0v) is 10.6. The summed E-state index contributed by atoms with van der Waals surface area (Å²) in [6.07, 6.45) is -5.25. The molecule has 106 valence electrons. The van der Waals surface area contributed by atoms with Gasteiger partial charge in [-0.1, -0.05) is 6.07 Å². The number of carboxylic acids is 1. The summed E-state index contributed by atoms with van der Waals surface area (Å²) in [6, 6.07) is 3.60. The molecule has 0 amide bonds. The summed E-state index contributed by atoms with van der Waals surface area (Å²) >= 11 is 0. The van der Waals surface area contributed by atoms with Gasteiger partial charge in [0.2, 0.25) is 0 Å². The average Bonchev–Trinajstić information content (AvgIpc) is 2.25. The quantitative estimate of drug-likeness (QED) is 0.895. The zero-order chi connectivity index (χ0) is 14.6. The van der Waals surface area contributed by atoms with Gasteiger partial charge in [0.05, 0.1) is 11.7 Å². The van der Waals surface area contributed by atoms with Gasteiger partial charge in [-0.15, -0.1) is 0 Å². The van der Waals surface area contributed by atoms with Crippen molar-refractivity contribution < 1.29 is 27.8 Å². The molecule has 0 fully saturated rings. The lowest BCUT2D eigenvalue weighted by Gasteiger charge is -2.16. The molecule has 0 aliphatic rings. The van der Waals surface area contributed by atoms with E-state index >= 15 is 0 Å². The average molecular weight is 276 g/mol. The predicted molar refractivity (Wildman–Crippen MR) is 63.2 cm³/mol. The number of aliphatic carboxylic acids is 1. The van der Waals surface area contributed by atoms with E-state index in [1.54, 1.807) is 13.8 Å². The number of halogens is 3. The van der Waals surface area contributed by atoms with Gasteiger partial charge in [0, 0.05) is 6.42 Å². The van der Waals surface area contributed by atoms with Gasteiger partial charge < -0.3 is 9.84 Å². The number of aryl methyl sites for hydroxylation is 1. The summed E-state index contributed by atoms with van der Waals surface area (Å²) in [5.41, 5.74) is -0.877. The van der Waals surface area contributed by atoms with Crippen LogP contribution in [0.15, 0.2) is 18.2 Å². The monoisotopic (exact) mass is 276 g/mol. The van der Waals surface area contributed by atoms with E-state index in [0.29, 0.717) is 0 Å². The molecule has 0 radical (unpaired) electrons. The Hall–Kier alpha value is -1.72. The van der Waals surface area contributed by atoms with Crippen molar-refractivity contribution in [3.8, 4) is 5.75 Å². The lowest BCUT2D eigenvalue weighted by atomic mass is 10.0.